The molecule has 0 bridgehead atoms. The van der Waals surface area contributed by atoms with E-state index >= 15 is 0 Å². The molecule has 3 N–H and O–H groups in total. The van der Waals surface area contributed by atoms with Crippen LogP contribution in [0.2, 0.25) is 0 Å². The van der Waals surface area contributed by atoms with Crippen molar-refractivity contribution in [3.05, 3.63) is 52.0 Å². The lowest BCUT2D eigenvalue weighted by molar-refractivity contribution is -0.119. The predicted molar refractivity (Wildman–Crippen MR) is 97.8 cm³/mol. The SMILES string of the molecule is COc1c(O)cc(/C=N\NC(=O)CNc2ccccc2C)cc1Br. The first kappa shape index (κ1) is 17.8. The fourth-order valence-corrected chi connectivity index (χ4v) is 2.67. The summed E-state index contributed by atoms with van der Waals surface area (Å²) < 4.78 is 5.63. The molecule has 0 aromatic heterocycles. The minimum atomic E-state index is -0.272. The summed E-state index contributed by atoms with van der Waals surface area (Å²) in [6.45, 7) is 2.08. The lowest BCUT2D eigenvalue weighted by Crippen LogP contribution is -2.26. The fourth-order valence-electron chi connectivity index (χ4n) is 2.04. The molecule has 0 heterocycles. The van der Waals surface area contributed by atoms with E-state index in [2.05, 4.69) is 31.8 Å². The average Bonchev–Trinajstić information content (AvgIpc) is 2.54. The van der Waals surface area contributed by atoms with E-state index in [1.807, 2.05) is 31.2 Å². The van der Waals surface area contributed by atoms with E-state index in [4.69, 9.17) is 4.74 Å². The number of hydrogen-bond donors (Lipinski definition) is 3. The Hall–Kier alpha value is -2.54. The van der Waals surface area contributed by atoms with Gasteiger partial charge < -0.3 is 15.2 Å². The molecule has 0 aliphatic rings. The molecule has 0 saturated carbocycles. The van der Waals surface area contributed by atoms with E-state index in [1.165, 1.54) is 19.4 Å². The summed E-state index contributed by atoms with van der Waals surface area (Å²) >= 11 is 3.29. The molecule has 0 aliphatic heterocycles. The molecule has 2 aromatic rings. The summed E-state index contributed by atoms with van der Waals surface area (Å²) in [5.41, 5.74) is 5.01. The second-order valence-corrected chi connectivity index (χ2v) is 5.87. The van der Waals surface area contributed by atoms with E-state index < -0.39 is 0 Å². The number of para-hydroxylation sites is 1. The highest BCUT2D eigenvalue weighted by Crippen LogP contribution is 2.34. The first-order valence-electron chi connectivity index (χ1n) is 7.19. The minimum absolute atomic E-state index is 0.0131. The summed E-state index contributed by atoms with van der Waals surface area (Å²) in [4.78, 5) is 11.8. The van der Waals surface area contributed by atoms with Crippen molar-refractivity contribution in [2.45, 2.75) is 6.92 Å². The van der Waals surface area contributed by atoms with Crippen LogP contribution in [-0.2, 0) is 4.79 Å². The maximum atomic E-state index is 11.8. The smallest absolute Gasteiger partial charge is 0.259 e. The summed E-state index contributed by atoms with van der Waals surface area (Å²) in [6, 6.07) is 10.9. The number of rotatable bonds is 6. The van der Waals surface area contributed by atoms with Gasteiger partial charge in [0, 0.05) is 5.69 Å². The third-order valence-corrected chi connectivity index (χ3v) is 3.83. The van der Waals surface area contributed by atoms with Gasteiger partial charge >= 0.3 is 0 Å². The Kier molecular flexibility index (Phi) is 6.20. The van der Waals surface area contributed by atoms with Gasteiger partial charge in [0.25, 0.3) is 5.91 Å². The number of benzene rings is 2. The van der Waals surface area contributed by atoms with E-state index in [0.717, 1.165) is 11.3 Å². The highest BCUT2D eigenvalue weighted by Gasteiger charge is 2.08. The second-order valence-electron chi connectivity index (χ2n) is 5.02. The number of nitrogens with zero attached hydrogens (tertiary/aromatic N) is 1. The van der Waals surface area contributed by atoms with Crippen LogP contribution in [0.25, 0.3) is 0 Å². The molecule has 0 radical (unpaired) electrons. The predicted octanol–water partition coefficient (Wildman–Crippen LogP) is 3.03. The number of ether oxygens (including phenoxy) is 1. The van der Waals surface area contributed by atoms with Gasteiger partial charge in [-0.25, -0.2) is 5.43 Å². The number of phenols is 1. The number of phenolic OH excluding ortho intramolecular Hbond substituents is 1. The molecule has 0 saturated heterocycles. The van der Waals surface area contributed by atoms with Crippen LogP contribution in [0.5, 0.6) is 11.5 Å². The summed E-state index contributed by atoms with van der Waals surface area (Å²) in [7, 11) is 1.47. The number of amides is 1. The molecule has 0 spiro atoms. The number of carbonyl (C=O) groups excluding carboxylic acids is 1. The van der Waals surface area contributed by atoms with Crippen molar-refractivity contribution in [1.29, 1.82) is 0 Å². The van der Waals surface area contributed by atoms with E-state index in [-0.39, 0.29) is 18.2 Å². The Balaban J connectivity index is 1.90. The standard InChI is InChI=1S/C17H18BrN3O3/c1-11-5-3-4-6-14(11)19-10-16(23)21-20-9-12-7-13(18)17(24-2)15(22)8-12/h3-9,19,22H,10H2,1-2H3,(H,21,23)/b20-9-. The molecule has 7 heteroatoms. The molecule has 2 rings (SSSR count). The lowest BCUT2D eigenvalue weighted by Gasteiger charge is -2.08. The van der Waals surface area contributed by atoms with Crippen molar-refractivity contribution in [2.75, 3.05) is 19.0 Å². The molecular weight excluding hydrogens is 374 g/mol. The summed E-state index contributed by atoms with van der Waals surface area (Å²) in [6.07, 6.45) is 1.44. The van der Waals surface area contributed by atoms with Crippen LogP contribution < -0.4 is 15.5 Å². The normalized spacial score (nSPS) is 10.6. The van der Waals surface area contributed by atoms with Crippen molar-refractivity contribution in [3.63, 3.8) is 0 Å². The maximum absolute atomic E-state index is 11.8. The van der Waals surface area contributed by atoms with Gasteiger partial charge in [-0.05, 0) is 52.2 Å². The Morgan fingerprint density at radius 2 is 2.12 bits per heavy atom. The lowest BCUT2D eigenvalue weighted by atomic mass is 10.2. The molecule has 0 unspecified atom stereocenters. The van der Waals surface area contributed by atoms with Gasteiger partial charge in [-0.2, -0.15) is 5.10 Å². The van der Waals surface area contributed by atoms with Crippen LogP contribution in [-0.4, -0.2) is 30.9 Å². The Labute approximate surface area is 148 Å². The monoisotopic (exact) mass is 391 g/mol. The number of methoxy groups -OCH3 is 1. The minimum Gasteiger partial charge on any atom is -0.504 e. The first-order valence-corrected chi connectivity index (χ1v) is 7.98. The highest BCUT2D eigenvalue weighted by molar-refractivity contribution is 9.10. The molecule has 6 nitrogen and oxygen atoms in total. The number of anilines is 1. The van der Waals surface area contributed by atoms with Gasteiger partial charge in [-0.1, -0.05) is 18.2 Å². The van der Waals surface area contributed by atoms with Crippen LogP contribution in [0.3, 0.4) is 0 Å². The van der Waals surface area contributed by atoms with Gasteiger partial charge in [0.15, 0.2) is 11.5 Å². The zero-order valence-electron chi connectivity index (χ0n) is 13.3. The van der Waals surface area contributed by atoms with Crippen LogP contribution in [0.1, 0.15) is 11.1 Å². The first-order chi connectivity index (χ1) is 11.5. The highest BCUT2D eigenvalue weighted by atomic mass is 79.9. The van der Waals surface area contributed by atoms with Crippen molar-refractivity contribution in [3.8, 4) is 11.5 Å². The van der Waals surface area contributed by atoms with Gasteiger partial charge in [0.1, 0.15) is 0 Å². The molecule has 0 atom stereocenters. The number of nitrogens with one attached hydrogen (secondary N) is 2. The van der Waals surface area contributed by atoms with Crippen molar-refractivity contribution in [1.82, 2.24) is 5.43 Å². The quantitative estimate of drug-likeness (QED) is 0.521. The van der Waals surface area contributed by atoms with Gasteiger partial charge in [0.2, 0.25) is 0 Å². The van der Waals surface area contributed by atoms with Crippen LogP contribution in [0.4, 0.5) is 5.69 Å². The molecule has 0 fully saturated rings. The van der Waals surface area contributed by atoms with Crippen LogP contribution >= 0.6 is 15.9 Å². The largest absolute Gasteiger partial charge is 0.504 e. The van der Waals surface area contributed by atoms with Gasteiger partial charge in [-0.15, -0.1) is 0 Å². The third kappa shape index (κ3) is 4.73. The molecule has 126 valence electrons. The molecule has 0 aliphatic carbocycles. The van der Waals surface area contributed by atoms with Crippen molar-refractivity contribution < 1.29 is 14.6 Å². The second kappa shape index (κ2) is 8.35. The Morgan fingerprint density at radius 1 is 1.38 bits per heavy atom. The molecule has 24 heavy (non-hydrogen) atoms. The number of carbonyl (C=O) groups is 1. The topological polar surface area (TPSA) is 83.0 Å². The summed E-state index contributed by atoms with van der Waals surface area (Å²) in [5.74, 6) is 0.0609. The molecule has 2 aromatic carbocycles. The van der Waals surface area contributed by atoms with Gasteiger partial charge in [0.05, 0.1) is 24.3 Å². The fraction of sp³-hybridized carbons (Fsp3) is 0.176. The van der Waals surface area contributed by atoms with Crippen LogP contribution in [0.15, 0.2) is 46.0 Å². The third-order valence-electron chi connectivity index (χ3n) is 3.24. The number of aromatic hydroxyl groups is 1. The van der Waals surface area contributed by atoms with E-state index in [9.17, 15) is 9.90 Å². The van der Waals surface area contributed by atoms with E-state index in [0.29, 0.717) is 15.8 Å². The van der Waals surface area contributed by atoms with Crippen molar-refractivity contribution in [2.24, 2.45) is 5.10 Å². The van der Waals surface area contributed by atoms with Crippen LogP contribution in [0, 0.1) is 6.92 Å². The van der Waals surface area contributed by atoms with E-state index in [1.54, 1.807) is 6.07 Å². The number of halogens is 1. The number of hydrogen-bond acceptors (Lipinski definition) is 5. The summed E-state index contributed by atoms with van der Waals surface area (Å²) in [5, 5.41) is 16.7. The van der Waals surface area contributed by atoms with Gasteiger partial charge in [-0.3, -0.25) is 4.79 Å². The Morgan fingerprint density at radius 3 is 2.79 bits per heavy atom. The molecule has 1 amide bonds. The maximum Gasteiger partial charge on any atom is 0.259 e. The zero-order chi connectivity index (χ0) is 17.5. The number of aryl methyl sites for hydroxylation is 1. The number of hydrazone groups is 1. The zero-order valence-corrected chi connectivity index (χ0v) is 14.9. The van der Waals surface area contributed by atoms with Crippen molar-refractivity contribution >= 4 is 33.7 Å². The Bertz CT molecular complexity index is 739. The molecular formula is C17H18BrN3O3. The average molecular weight is 392 g/mol.